The van der Waals surface area contributed by atoms with Crippen molar-refractivity contribution in [2.75, 3.05) is 79.5 Å². The van der Waals surface area contributed by atoms with Crippen LogP contribution in [0.3, 0.4) is 0 Å². The molecule has 2 aliphatic heterocycles. The lowest BCUT2D eigenvalue weighted by molar-refractivity contribution is -0.274. The van der Waals surface area contributed by atoms with Gasteiger partial charge in [0.1, 0.15) is 16.2 Å². The third-order valence-corrected chi connectivity index (χ3v) is 10.8. The van der Waals surface area contributed by atoms with Gasteiger partial charge >= 0.3 is 6.36 Å². The lowest BCUT2D eigenvalue weighted by atomic mass is 9.99. The summed E-state index contributed by atoms with van der Waals surface area (Å²) < 4.78 is 72.1. The van der Waals surface area contributed by atoms with Crippen LogP contribution in [0.2, 0.25) is 5.02 Å². The fourth-order valence-electron chi connectivity index (χ4n) is 6.53. The summed E-state index contributed by atoms with van der Waals surface area (Å²) in [6.07, 6.45) is 2.71. The quantitative estimate of drug-likeness (QED) is 0.208. The molecule has 2 aliphatic rings. The van der Waals surface area contributed by atoms with E-state index in [1.165, 1.54) is 31.7 Å². The first-order valence-corrected chi connectivity index (χ1v) is 18.8. The number of aromatic nitrogens is 4. The van der Waals surface area contributed by atoms with Crippen LogP contribution in [0, 0.1) is 0 Å². The highest BCUT2D eigenvalue weighted by molar-refractivity contribution is 7.92. The predicted molar refractivity (Wildman–Crippen MR) is 193 cm³/mol. The van der Waals surface area contributed by atoms with Crippen molar-refractivity contribution in [3.05, 3.63) is 53.4 Å². The molecule has 18 heteroatoms. The molecule has 0 radical (unpaired) electrons. The topological polar surface area (TPSA) is 132 Å². The summed E-state index contributed by atoms with van der Waals surface area (Å²) >= 11 is 6.47. The summed E-state index contributed by atoms with van der Waals surface area (Å²) in [5, 5.41) is 6.02. The van der Waals surface area contributed by atoms with Crippen molar-refractivity contribution in [1.29, 1.82) is 0 Å². The molecule has 2 N–H and O–H groups in total. The lowest BCUT2D eigenvalue weighted by Crippen LogP contribution is -2.52. The minimum absolute atomic E-state index is 0.0204. The monoisotopic (exact) mass is 748 g/mol. The zero-order valence-electron chi connectivity index (χ0n) is 28.7. The van der Waals surface area contributed by atoms with E-state index in [1.54, 1.807) is 18.2 Å². The minimum atomic E-state index is -4.95. The Labute approximate surface area is 299 Å². The number of fused-ring (bicyclic) bond motifs is 1. The molecular weight excluding hydrogens is 709 g/mol. The molecule has 274 valence electrons. The van der Waals surface area contributed by atoms with Gasteiger partial charge in [0.25, 0.3) is 0 Å². The molecule has 0 bridgehead atoms. The van der Waals surface area contributed by atoms with E-state index in [-0.39, 0.29) is 33.9 Å². The molecule has 13 nitrogen and oxygen atoms in total. The van der Waals surface area contributed by atoms with Gasteiger partial charge in [-0.15, -0.1) is 13.2 Å². The highest BCUT2D eigenvalue weighted by Crippen LogP contribution is 2.40. The van der Waals surface area contributed by atoms with Crippen LogP contribution in [0.1, 0.15) is 25.3 Å². The Kier molecular flexibility index (Phi) is 10.6. The van der Waals surface area contributed by atoms with Gasteiger partial charge in [0.2, 0.25) is 16.0 Å². The molecule has 2 aromatic carbocycles. The fraction of sp³-hybridized carbons (Fsp3) is 0.455. The van der Waals surface area contributed by atoms with Crippen LogP contribution in [-0.4, -0.2) is 110 Å². The first-order valence-electron chi connectivity index (χ1n) is 16.5. The molecule has 6 rings (SSSR count). The van der Waals surface area contributed by atoms with Crippen LogP contribution in [0.5, 0.6) is 5.75 Å². The number of sulfonamides is 1. The van der Waals surface area contributed by atoms with Crippen LogP contribution in [0.25, 0.3) is 11.0 Å². The van der Waals surface area contributed by atoms with E-state index in [0.29, 0.717) is 42.3 Å². The van der Waals surface area contributed by atoms with Crippen LogP contribution in [0.15, 0.2) is 42.9 Å². The number of aryl methyl sites for hydroxylation is 1. The second-order valence-electron chi connectivity index (χ2n) is 12.7. The summed E-state index contributed by atoms with van der Waals surface area (Å²) in [6.45, 7) is 7.48. The van der Waals surface area contributed by atoms with Crippen molar-refractivity contribution in [3.63, 3.8) is 0 Å². The van der Waals surface area contributed by atoms with Gasteiger partial charge < -0.3 is 25.2 Å². The fourth-order valence-corrected chi connectivity index (χ4v) is 7.18. The smallest absolute Gasteiger partial charge is 0.403 e. The summed E-state index contributed by atoms with van der Waals surface area (Å²) in [5.74, 6) is -0.432. The Morgan fingerprint density at radius 3 is 2.37 bits per heavy atom. The molecule has 0 amide bonds. The van der Waals surface area contributed by atoms with E-state index in [2.05, 4.69) is 57.1 Å². The molecule has 2 fully saturated rings. The van der Waals surface area contributed by atoms with Crippen molar-refractivity contribution in [2.24, 2.45) is 0 Å². The van der Waals surface area contributed by atoms with Crippen LogP contribution < -0.4 is 24.6 Å². The minimum Gasteiger partial charge on any atom is -0.403 e. The van der Waals surface area contributed by atoms with Crippen LogP contribution in [0.4, 0.5) is 47.7 Å². The number of hydrogen-bond donors (Lipinski definition) is 2. The van der Waals surface area contributed by atoms with Crippen molar-refractivity contribution in [1.82, 2.24) is 29.7 Å². The normalized spacial score (nSPS) is 16.7. The van der Waals surface area contributed by atoms with E-state index in [9.17, 15) is 21.6 Å². The average Bonchev–Trinajstić information content (AvgIpc) is 3.09. The standard InChI is InChI=1S/C33H40ClF3N10O3S/c1-5-21-18-26(28(50-33(35,36)37)19-27(21)47-12-8-22(9-13-47)46-16-14-44(2)15-17-46)42-32-40-20-23(34)31(43-32)41-25-7-6-24-29(39-11-10-38-24)30(25)45(3)51(4,48)49/h6-7,10-11,18-20,22H,5,8-9,12-17H2,1-4H3,(H2,40,41,42,43). The Morgan fingerprint density at radius 1 is 1.00 bits per heavy atom. The molecular formula is C33H40ClF3N10O3S. The first-order chi connectivity index (χ1) is 24.2. The van der Waals surface area contributed by atoms with Gasteiger partial charge in [0.05, 0.1) is 29.3 Å². The van der Waals surface area contributed by atoms with E-state index >= 15 is 0 Å². The van der Waals surface area contributed by atoms with Crippen molar-refractivity contribution in [2.45, 2.75) is 38.6 Å². The average molecular weight is 749 g/mol. The summed E-state index contributed by atoms with van der Waals surface area (Å²) in [6, 6.07) is 6.78. The van der Waals surface area contributed by atoms with E-state index in [4.69, 9.17) is 11.6 Å². The molecule has 4 heterocycles. The number of halogens is 4. The molecule has 0 saturated carbocycles. The van der Waals surface area contributed by atoms with Gasteiger partial charge in [0, 0.05) is 76.5 Å². The first kappa shape index (κ1) is 36.6. The van der Waals surface area contributed by atoms with Gasteiger partial charge in [-0.3, -0.25) is 19.2 Å². The Morgan fingerprint density at radius 2 is 1.71 bits per heavy atom. The predicted octanol–water partition coefficient (Wildman–Crippen LogP) is 5.63. The highest BCUT2D eigenvalue weighted by Gasteiger charge is 2.34. The van der Waals surface area contributed by atoms with Gasteiger partial charge in [-0.05, 0) is 50.1 Å². The Balaban J connectivity index is 1.29. The van der Waals surface area contributed by atoms with E-state index in [1.807, 2.05) is 6.92 Å². The molecule has 0 atom stereocenters. The number of ether oxygens (including phenoxy) is 1. The van der Waals surface area contributed by atoms with Gasteiger partial charge in [-0.2, -0.15) is 4.98 Å². The molecule has 0 aliphatic carbocycles. The number of anilines is 6. The maximum atomic E-state index is 13.8. The number of piperidine rings is 1. The molecule has 2 saturated heterocycles. The number of alkyl halides is 3. The number of rotatable bonds is 10. The van der Waals surface area contributed by atoms with Crippen molar-refractivity contribution < 1.29 is 26.3 Å². The zero-order valence-corrected chi connectivity index (χ0v) is 30.3. The lowest BCUT2D eigenvalue weighted by Gasteiger charge is -2.43. The van der Waals surface area contributed by atoms with Gasteiger partial charge in [-0.25, -0.2) is 13.4 Å². The third-order valence-electron chi connectivity index (χ3n) is 9.32. The van der Waals surface area contributed by atoms with Crippen molar-refractivity contribution in [3.8, 4) is 5.75 Å². The largest absolute Gasteiger partial charge is 0.573 e. The second kappa shape index (κ2) is 14.8. The number of benzene rings is 2. The molecule has 0 spiro atoms. The zero-order chi connectivity index (χ0) is 36.5. The summed E-state index contributed by atoms with van der Waals surface area (Å²) in [4.78, 5) is 24.2. The summed E-state index contributed by atoms with van der Waals surface area (Å²) in [5.41, 5.74) is 2.80. The number of nitrogens with zero attached hydrogens (tertiary/aromatic N) is 8. The highest BCUT2D eigenvalue weighted by atomic mass is 35.5. The summed E-state index contributed by atoms with van der Waals surface area (Å²) in [7, 11) is -0.229. The number of hydrogen-bond acceptors (Lipinski definition) is 12. The third kappa shape index (κ3) is 8.48. The SMILES string of the molecule is CCc1cc(Nc2ncc(Cl)c(Nc3ccc4nccnc4c3N(C)S(C)(=O)=O)n2)c(OC(F)(F)F)cc1N1CCC(N2CCN(C)CC2)CC1. The molecule has 2 aromatic heterocycles. The molecule has 51 heavy (non-hydrogen) atoms. The maximum absolute atomic E-state index is 13.8. The number of likely N-dealkylation sites (N-methyl/N-ethyl adjacent to an activating group) is 1. The van der Waals surface area contributed by atoms with Crippen molar-refractivity contribution >= 4 is 67.2 Å². The van der Waals surface area contributed by atoms with Gasteiger partial charge in [-0.1, -0.05) is 18.5 Å². The second-order valence-corrected chi connectivity index (χ2v) is 15.1. The van der Waals surface area contributed by atoms with E-state index < -0.39 is 22.1 Å². The maximum Gasteiger partial charge on any atom is 0.573 e. The Hall–Kier alpha value is -4.19. The molecule has 4 aromatic rings. The Bertz CT molecular complexity index is 1990. The number of piperazine rings is 1. The van der Waals surface area contributed by atoms with Gasteiger partial charge in [0.15, 0.2) is 11.6 Å². The van der Waals surface area contributed by atoms with Crippen LogP contribution in [-0.2, 0) is 16.4 Å². The number of nitrogens with one attached hydrogen (secondary N) is 2. The van der Waals surface area contributed by atoms with Crippen LogP contribution >= 0.6 is 11.6 Å². The molecule has 0 unspecified atom stereocenters. The van der Waals surface area contributed by atoms with E-state index in [0.717, 1.165) is 55.1 Å².